The minimum Gasteiger partial charge on any atom is -0.384 e. The van der Waals surface area contributed by atoms with Crippen LogP contribution in [0.25, 0.3) is 0 Å². The molecule has 18 heavy (non-hydrogen) atoms. The maximum Gasteiger partial charge on any atom is 0.123 e. The molecule has 0 aliphatic heterocycles. The lowest BCUT2D eigenvalue weighted by Crippen LogP contribution is -2.12. The zero-order valence-electron chi connectivity index (χ0n) is 10.5. The average molecular weight is 256 g/mol. The Morgan fingerprint density at radius 3 is 2.44 bits per heavy atom. The molecule has 0 radical (unpaired) electrons. The van der Waals surface area contributed by atoms with E-state index in [0.29, 0.717) is 0 Å². The molecule has 0 atom stereocenters. The van der Waals surface area contributed by atoms with Gasteiger partial charge in [-0.2, -0.15) is 0 Å². The normalized spacial score (nSPS) is 10.3. The van der Waals surface area contributed by atoms with Gasteiger partial charge in [-0.1, -0.05) is 36.0 Å². The van der Waals surface area contributed by atoms with Crippen LogP contribution in [0.1, 0.15) is 16.7 Å². The second-order valence-corrected chi connectivity index (χ2v) is 5.36. The second kappa shape index (κ2) is 5.27. The number of hydrogen-bond donors (Lipinski definition) is 2. The largest absolute Gasteiger partial charge is 0.384 e. The first kappa shape index (κ1) is 12.7. The summed E-state index contributed by atoms with van der Waals surface area (Å²) in [7, 11) is 0. The molecule has 0 aliphatic rings. The van der Waals surface area contributed by atoms with Gasteiger partial charge < -0.3 is 5.73 Å². The van der Waals surface area contributed by atoms with Gasteiger partial charge in [0.1, 0.15) is 5.84 Å². The summed E-state index contributed by atoms with van der Waals surface area (Å²) in [6.45, 7) is 4.14. The lowest BCUT2D eigenvalue weighted by atomic mass is 10.1. The Bertz CT molecular complexity index is 591. The molecule has 0 aliphatic carbocycles. The predicted molar refractivity (Wildman–Crippen MR) is 77.5 cm³/mol. The van der Waals surface area contributed by atoms with Crippen LogP contribution in [0.15, 0.2) is 52.3 Å². The topological polar surface area (TPSA) is 49.9 Å². The fraction of sp³-hybridized carbons (Fsp3) is 0.133. The van der Waals surface area contributed by atoms with Crippen LogP contribution in [0.2, 0.25) is 0 Å². The summed E-state index contributed by atoms with van der Waals surface area (Å²) >= 11 is 1.66. The van der Waals surface area contributed by atoms with E-state index in [1.807, 2.05) is 31.2 Å². The van der Waals surface area contributed by atoms with Crippen LogP contribution in [0.4, 0.5) is 0 Å². The molecular weight excluding hydrogens is 240 g/mol. The van der Waals surface area contributed by atoms with Crippen LogP contribution in [-0.4, -0.2) is 5.84 Å². The van der Waals surface area contributed by atoms with Gasteiger partial charge in [0.2, 0.25) is 0 Å². The lowest BCUT2D eigenvalue weighted by Gasteiger charge is -2.10. The summed E-state index contributed by atoms with van der Waals surface area (Å²) in [4.78, 5) is 2.24. The smallest absolute Gasteiger partial charge is 0.123 e. The summed E-state index contributed by atoms with van der Waals surface area (Å²) in [5.41, 5.74) is 8.84. The third-order valence-corrected chi connectivity index (χ3v) is 3.98. The summed E-state index contributed by atoms with van der Waals surface area (Å²) in [5.74, 6) is 0.117. The van der Waals surface area contributed by atoms with Crippen molar-refractivity contribution in [2.24, 2.45) is 5.73 Å². The maximum atomic E-state index is 7.63. The van der Waals surface area contributed by atoms with E-state index >= 15 is 0 Å². The van der Waals surface area contributed by atoms with Crippen molar-refractivity contribution in [3.63, 3.8) is 0 Å². The van der Waals surface area contributed by atoms with Crippen LogP contribution in [0, 0.1) is 19.3 Å². The standard InChI is InChI=1S/C15H16N2S/c1-10-7-8-12(15(16)17)14(9-10)18-13-6-4-3-5-11(13)2/h3-9H,1-2H3,(H3,16,17). The number of hydrogen-bond acceptors (Lipinski definition) is 2. The Morgan fingerprint density at radius 2 is 1.78 bits per heavy atom. The molecule has 0 fully saturated rings. The van der Waals surface area contributed by atoms with E-state index in [1.54, 1.807) is 11.8 Å². The Kier molecular flexibility index (Phi) is 3.72. The zero-order chi connectivity index (χ0) is 13.1. The van der Waals surface area contributed by atoms with Gasteiger partial charge in [0, 0.05) is 15.4 Å². The number of rotatable bonds is 3. The molecule has 0 heterocycles. The number of amidine groups is 1. The first-order chi connectivity index (χ1) is 8.58. The second-order valence-electron chi connectivity index (χ2n) is 4.28. The quantitative estimate of drug-likeness (QED) is 0.649. The number of nitrogens with one attached hydrogen (secondary N) is 1. The highest BCUT2D eigenvalue weighted by atomic mass is 32.2. The average Bonchev–Trinajstić information content (AvgIpc) is 2.32. The van der Waals surface area contributed by atoms with Gasteiger partial charge >= 0.3 is 0 Å². The molecule has 0 saturated carbocycles. The number of nitrogen functional groups attached to an aromatic ring is 1. The molecule has 0 aromatic heterocycles. The van der Waals surface area contributed by atoms with Crippen molar-refractivity contribution in [1.29, 1.82) is 5.41 Å². The van der Waals surface area contributed by atoms with Gasteiger partial charge in [0.25, 0.3) is 0 Å². The molecule has 2 rings (SSSR count). The van der Waals surface area contributed by atoms with Crippen molar-refractivity contribution < 1.29 is 0 Å². The summed E-state index contributed by atoms with van der Waals surface area (Å²) in [6, 6.07) is 14.2. The SMILES string of the molecule is Cc1ccc(C(=N)N)c(Sc2ccccc2C)c1. The molecule has 0 bridgehead atoms. The maximum absolute atomic E-state index is 7.63. The van der Waals surface area contributed by atoms with E-state index in [1.165, 1.54) is 16.0 Å². The minimum atomic E-state index is 0.117. The Morgan fingerprint density at radius 1 is 1.06 bits per heavy atom. The van der Waals surface area contributed by atoms with E-state index in [4.69, 9.17) is 11.1 Å². The van der Waals surface area contributed by atoms with Crippen molar-refractivity contribution in [3.05, 3.63) is 59.2 Å². The van der Waals surface area contributed by atoms with Gasteiger partial charge in [0.05, 0.1) is 0 Å². The molecule has 0 amide bonds. The molecule has 0 unspecified atom stereocenters. The number of nitrogens with two attached hydrogens (primary N) is 1. The Balaban J connectivity index is 2.42. The summed E-state index contributed by atoms with van der Waals surface area (Å²) in [5, 5.41) is 7.63. The van der Waals surface area contributed by atoms with E-state index < -0.39 is 0 Å². The molecular formula is C15H16N2S. The van der Waals surface area contributed by atoms with Crippen LogP contribution in [0.3, 0.4) is 0 Å². The molecule has 3 N–H and O–H groups in total. The molecule has 2 nitrogen and oxygen atoms in total. The highest BCUT2D eigenvalue weighted by Gasteiger charge is 2.08. The highest BCUT2D eigenvalue weighted by Crippen LogP contribution is 2.32. The van der Waals surface area contributed by atoms with Gasteiger partial charge in [-0.3, -0.25) is 5.41 Å². The molecule has 3 heteroatoms. The summed E-state index contributed by atoms with van der Waals surface area (Å²) in [6.07, 6.45) is 0. The lowest BCUT2D eigenvalue weighted by molar-refractivity contribution is 1.27. The van der Waals surface area contributed by atoms with Crippen molar-refractivity contribution in [3.8, 4) is 0 Å². The Hall–Kier alpha value is -1.74. The molecule has 2 aromatic rings. The van der Waals surface area contributed by atoms with E-state index in [9.17, 15) is 0 Å². The minimum absolute atomic E-state index is 0.117. The van der Waals surface area contributed by atoms with Crippen molar-refractivity contribution in [1.82, 2.24) is 0 Å². The monoisotopic (exact) mass is 256 g/mol. The third kappa shape index (κ3) is 2.74. The fourth-order valence-corrected chi connectivity index (χ4v) is 2.87. The van der Waals surface area contributed by atoms with E-state index in [0.717, 1.165) is 10.5 Å². The highest BCUT2D eigenvalue weighted by molar-refractivity contribution is 7.99. The predicted octanol–water partition coefficient (Wildman–Crippen LogP) is 3.74. The molecule has 2 aromatic carbocycles. The summed E-state index contributed by atoms with van der Waals surface area (Å²) < 4.78 is 0. The first-order valence-electron chi connectivity index (χ1n) is 5.76. The van der Waals surface area contributed by atoms with Crippen LogP contribution >= 0.6 is 11.8 Å². The zero-order valence-corrected chi connectivity index (χ0v) is 11.3. The first-order valence-corrected chi connectivity index (χ1v) is 6.58. The number of aryl methyl sites for hydroxylation is 2. The van der Waals surface area contributed by atoms with Crippen molar-refractivity contribution >= 4 is 17.6 Å². The van der Waals surface area contributed by atoms with Gasteiger partial charge in [-0.25, -0.2) is 0 Å². The van der Waals surface area contributed by atoms with Crippen molar-refractivity contribution in [2.75, 3.05) is 0 Å². The fourth-order valence-electron chi connectivity index (χ4n) is 1.73. The van der Waals surface area contributed by atoms with Crippen molar-refractivity contribution in [2.45, 2.75) is 23.6 Å². The van der Waals surface area contributed by atoms with E-state index in [-0.39, 0.29) is 5.84 Å². The Labute approximate surface area is 112 Å². The van der Waals surface area contributed by atoms with Gasteiger partial charge in [-0.15, -0.1) is 0 Å². The third-order valence-electron chi connectivity index (χ3n) is 2.74. The number of benzene rings is 2. The molecule has 0 saturated heterocycles. The van der Waals surface area contributed by atoms with E-state index in [2.05, 4.69) is 25.1 Å². The molecule has 92 valence electrons. The van der Waals surface area contributed by atoms with Crippen LogP contribution < -0.4 is 5.73 Å². The van der Waals surface area contributed by atoms with Crippen LogP contribution in [-0.2, 0) is 0 Å². The van der Waals surface area contributed by atoms with Crippen LogP contribution in [0.5, 0.6) is 0 Å². The van der Waals surface area contributed by atoms with Gasteiger partial charge in [0.15, 0.2) is 0 Å². The molecule has 0 spiro atoms. The van der Waals surface area contributed by atoms with Gasteiger partial charge in [-0.05, 0) is 43.2 Å².